The summed E-state index contributed by atoms with van der Waals surface area (Å²) in [7, 11) is 1.57. The Morgan fingerprint density at radius 1 is 1.45 bits per heavy atom. The first-order valence-electron chi connectivity index (χ1n) is 5.97. The molecular weight excluding hydrogens is 256 g/mol. The minimum absolute atomic E-state index is 0.0359. The van der Waals surface area contributed by atoms with Crippen molar-refractivity contribution < 1.29 is 14.3 Å². The molecule has 0 aliphatic carbocycles. The molecule has 0 saturated carbocycles. The van der Waals surface area contributed by atoms with Gasteiger partial charge in [-0.2, -0.15) is 5.26 Å². The zero-order valence-electron chi connectivity index (χ0n) is 11.3. The van der Waals surface area contributed by atoms with E-state index in [9.17, 15) is 4.79 Å². The van der Waals surface area contributed by atoms with Crippen molar-refractivity contribution in [3.63, 3.8) is 0 Å². The maximum absolute atomic E-state index is 11.8. The molecule has 0 unspecified atom stereocenters. The third-order valence-electron chi connectivity index (χ3n) is 2.42. The fraction of sp³-hybridized carbons (Fsp3) is 0.200. The molecule has 1 N–H and O–H groups in total. The van der Waals surface area contributed by atoms with Gasteiger partial charge in [0.05, 0.1) is 19.9 Å². The Labute approximate surface area is 118 Å². The van der Waals surface area contributed by atoms with Gasteiger partial charge in [0, 0.05) is 0 Å². The molecular formula is C15H16N2O3. The number of methoxy groups -OCH3 is 1. The number of hydrogen-bond donors (Lipinski definition) is 1. The summed E-state index contributed by atoms with van der Waals surface area (Å²) >= 11 is 0. The molecule has 0 heterocycles. The third-order valence-corrected chi connectivity index (χ3v) is 2.42. The second-order valence-electron chi connectivity index (χ2n) is 3.74. The molecule has 0 atom stereocenters. The summed E-state index contributed by atoms with van der Waals surface area (Å²) in [6.07, 6.45) is 2.81. The number of carbonyl (C=O) groups excluding carboxylic acids is 1. The van der Waals surface area contributed by atoms with Crippen LogP contribution in [0.15, 0.2) is 42.7 Å². The van der Waals surface area contributed by atoms with E-state index in [4.69, 9.17) is 14.7 Å². The highest BCUT2D eigenvalue weighted by molar-refractivity contribution is 6.01. The van der Waals surface area contributed by atoms with Crippen molar-refractivity contribution in [3.8, 4) is 11.8 Å². The molecule has 0 aliphatic heterocycles. The van der Waals surface area contributed by atoms with Crippen molar-refractivity contribution in [2.45, 2.75) is 0 Å². The van der Waals surface area contributed by atoms with Gasteiger partial charge in [0.1, 0.15) is 24.0 Å². The molecule has 1 aromatic rings. The lowest BCUT2D eigenvalue weighted by atomic mass is 10.1. The summed E-state index contributed by atoms with van der Waals surface area (Å²) < 4.78 is 9.91. The molecule has 0 spiro atoms. The van der Waals surface area contributed by atoms with Crippen LogP contribution in [0.2, 0.25) is 0 Å². The van der Waals surface area contributed by atoms with Gasteiger partial charge in [0.2, 0.25) is 0 Å². The maximum Gasteiger partial charge on any atom is 0.262 e. The van der Waals surface area contributed by atoms with Crippen molar-refractivity contribution in [1.29, 1.82) is 5.26 Å². The molecule has 1 rings (SSSR count). The molecule has 5 nitrogen and oxygen atoms in total. The number of hydrogen-bond acceptors (Lipinski definition) is 4. The van der Waals surface area contributed by atoms with Crippen LogP contribution in [0.1, 0.15) is 5.56 Å². The average molecular weight is 272 g/mol. The van der Waals surface area contributed by atoms with Crippen LogP contribution in [0.5, 0.6) is 5.75 Å². The summed E-state index contributed by atoms with van der Waals surface area (Å²) in [6, 6.07) is 8.93. The van der Waals surface area contributed by atoms with Crippen LogP contribution in [0.3, 0.4) is 0 Å². The Kier molecular flexibility index (Phi) is 6.42. The van der Waals surface area contributed by atoms with E-state index in [1.54, 1.807) is 31.4 Å². The smallest absolute Gasteiger partial charge is 0.262 e. The van der Waals surface area contributed by atoms with E-state index in [-0.39, 0.29) is 5.57 Å². The first kappa shape index (κ1) is 15.3. The van der Waals surface area contributed by atoms with Gasteiger partial charge in [0.15, 0.2) is 0 Å². The van der Waals surface area contributed by atoms with Gasteiger partial charge in [-0.25, -0.2) is 0 Å². The number of nitrogens with one attached hydrogen (secondary N) is 1. The second-order valence-corrected chi connectivity index (χ2v) is 3.74. The monoisotopic (exact) mass is 272 g/mol. The highest BCUT2D eigenvalue weighted by Gasteiger charge is 2.08. The first-order valence-corrected chi connectivity index (χ1v) is 5.97. The van der Waals surface area contributed by atoms with Crippen LogP contribution in [-0.4, -0.2) is 26.2 Å². The minimum atomic E-state index is -0.434. The molecule has 1 amide bonds. The zero-order chi connectivity index (χ0) is 14.8. The standard InChI is InChI=1S/C15H16N2O3/c1-3-20-9-8-17-15(18)13(11-16)10-12-4-6-14(19-2)7-5-12/h3-7,10H,1,8-9H2,2H3,(H,17,18). The normalized spacial score (nSPS) is 10.3. The predicted molar refractivity (Wildman–Crippen MR) is 75.7 cm³/mol. The lowest BCUT2D eigenvalue weighted by Crippen LogP contribution is -2.27. The van der Waals surface area contributed by atoms with Crippen LogP contribution >= 0.6 is 0 Å². The van der Waals surface area contributed by atoms with E-state index in [0.29, 0.717) is 18.9 Å². The minimum Gasteiger partial charge on any atom is -0.500 e. The number of carbonyl (C=O) groups is 1. The summed E-state index contributed by atoms with van der Waals surface area (Å²) in [4.78, 5) is 11.8. The quantitative estimate of drug-likeness (QED) is 0.356. The Balaban J connectivity index is 2.68. The van der Waals surface area contributed by atoms with Gasteiger partial charge in [-0.15, -0.1) is 0 Å². The van der Waals surface area contributed by atoms with Gasteiger partial charge in [-0.05, 0) is 23.8 Å². The topological polar surface area (TPSA) is 71.3 Å². The Morgan fingerprint density at radius 2 is 2.15 bits per heavy atom. The summed E-state index contributed by atoms with van der Waals surface area (Å²) in [6.45, 7) is 4.02. The van der Waals surface area contributed by atoms with Gasteiger partial charge >= 0.3 is 0 Å². The van der Waals surface area contributed by atoms with E-state index in [0.717, 1.165) is 5.56 Å². The molecule has 0 saturated heterocycles. The Bertz CT molecular complexity index is 527. The molecule has 20 heavy (non-hydrogen) atoms. The van der Waals surface area contributed by atoms with Crippen molar-refractivity contribution in [1.82, 2.24) is 5.32 Å². The van der Waals surface area contributed by atoms with Gasteiger partial charge < -0.3 is 14.8 Å². The zero-order valence-corrected chi connectivity index (χ0v) is 11.3. The molecule has 0 bridgehead atoms. The molecule has 0 aliphatic rings. The average Bonchev–Trinajstić information content (AvgIpc) is 2.49. The van der Waals surface area contributed by atoms with Gasteiger partial charge in [0.25, 0.3) is 5.91 Å². The molecule has 0 fully saturated rings. The van der Waals surface area contributed by atoms with Crippen molar-refractivity contribution in [2.24, 2.45) is 0 Å². The van der Waals surface area contributed by atoms with Crippen LogP contribution in [0, 0.1) is 11.3 Å². The largest absolute Gasteiger partial charge is 0.500 e. The fourth-order valence-electron chi connectivity index (χ4n) is 1.42. The third kappa shape index (κ3) is 4.86. The number of rotatable bonds is 7. The molecule has 104 valence electrons. The number of benzene rings is 1. The molecule has 1 aromatic carbocycles. The summed E-state index contributed by atoms with van der Waals surface area (Å²) in [5, 5.41) is 11.6. The Morgan fingerprint density at radius 3 is 2.70 bits per heavy atom. The second kappa shape index (κ2) is 8.38. The van der Waals surface area contributed by atoms with Crippen LogP contribution in [0.25, 0.3) is 6.08 Å². The van der Waals surface area contributed by atoms with Crippen molar-refractivity contribution in [2.75, 3.05) is 20.3 Å². The predicted octanol–water partition coefficient (Wildman–Crippen LogP) is 1.88. The number of nitriles is 1. The fourth-order valence-corrected chi connectivity index (χ4v) is 1.42. The van der Waals surface area contributed by atoms with Crippen LogP contribution < -0.4 is 10.1 Å². The summed E-state index contributed by atoms with van der Waals surface area (Å²) in [5.41, 5.74) is 0.786. The maximum atomic E-state index is 11.8. The van der Waals surface area contributed by atoms with E-state index < -0.39 is 5.91 Å². The highest BCUT2D eigenvalue weighted by atomic mass is 16.5. The molecule has 5 heteroatoms. The van der Waals surface area contributed by atoms with E-state index in [2.05, 4.69) is 11.9 Å². The SMILES string of the molecule is C=COCCNC(=O)C(C#N)=Cc1ccc(OC)cc1. The number of nitrogens with zero attached hydrogens (tertiary/aromatic N) is 1. The molecule has 0 aromatic heterocycles. The number of ether oxygens (including phenoxy) is 2. The first-order chi connectivity index (χ1) is 9.71. The highest BCUT2D eigenvalue weighted by Crippen LogP contribution is 2.13. The van der Waals surface area contributed by atoms with Gasteiger partial charge in [-0.1, -0.05) is 18.7 Å². The Hall–Kier alpha value is -2.74. The van der Waals surface area contributed by atoms with E-state index >= 15 is 0 Å². The lowest BCUT2D eigenvalue weighted by molar-refractivity contribution is -0.117. The van der Waals surface area contributed by atoms with E-state index in [1.807, 2.05) is 6.07 Å². The van der Waals surface area contributed by atoms with Crippen LogP contribution in [0.4, 0.5) is 0 Å². The van der Waals surface area contributed by atoms with E-state index in [1.165, 1.54) is 12.3 Å². The van der Waals surface area contributed by atoms with Gasteiger partial charge in [-0.3, -0.25) is 4.79 Å². The molecule has 0 radical (unpaired) electrons. The van der Waals surface area contributed by atoms with Crippen LogP contribution in [-0.2, 0) is 9.53 Å². The van der Waals surface area contributed by atoms with Crippen molar-refractivity contribution in [3.05, 3.63) is 48.2 Å². The number of amides is 1. The lowest BCUT2D eigenvalue weighted by Gasteiger charge is -2.04. The summed E-state index contributed by atoms with van der Waals surface area (Å²) in [5.74, 6) is 0.280. The van der Waals surface area contributed by atoms with Crippen molar-refractivity contribution >= 4 is 12.0 Å².